The number of likely N-dealkylation sites (tertiary alicyclic amines) is 1. The van der Waals surface area contributed by atoms with E-state index < -0.39 is 0 Å². The van der Waals surface area contributed by atoms with E-state index in [9.17, 15) is 5.11 Å². The van der Waals surface area contributed by atoms with E-state index in [1.807, 2.05) is 12.3 Å². The lowest BCUT2D eigenvalue weighted by Gasteiger charge is -2.43. The van der Waals surface area contributed by atoms with Gasteiger partial charge in [0.1, 0.15) is 5.60 Å². The second-order valence-electron chi connectivity index (χ2n) is 7.07. The Balaban J connectivity index is 1.44. The Bertz CT molecular complexity index is 541. The van der Waals surface area contributed by atoms with Gasteiger partial charge >= 0.3 is 0 Å². The summed E-state index contributed by atoms with van der Waals surface area (Å²) < 4.78 is 5.93. The molecule has 6 nitrogen and oxygen atoms in total. The zero-order valence-corrected chi connectivity index (χ0v) is 13.7. The van der Waals surface area contributed by atoms with Crippen molar-refractivity contribution in [2.75, 3.05) is 37.7 Å². The van der Waals surface area contributed by atoms with Crippen molar-refractivity contribution in [2.45, 2.75) is 50.4 Å². The Kier molecular flexibility index (Phi) is 4.22. The molecule has 0 bridgehead atoms. The summed E-state index contributed by atoms with van der Waals surface area (Å²) in [5, 5.41) is 10.3. The third-order valence-corrected chi connectivity index (χ3v) is 5.43. The van der Waals surface area contributed by atoms with Crippen molar-refractivity contribution < 1.29 is 9.84 Å². The summed E-state index contributed by atoms with van der Waals surface area (Å²) in [5.41, 5.74) is 0.717. The van der Waals surface area contributed by atoms with Gasteiger partial charge in [-0.05, 0) is 38.2 Å². The van der Waals surface area contributed by atoms with Crippen LogP contribution in [0.3, 0.4) is 0 Å². The number of aromatic nitrogens is 2. The largest absolute Gasteiger partial charge is 0.390 e. The molecule has 1 aromatic heterocycles. The Labute approximate surface area is 137 Å². The average Bonchev–Trinajstić information content (AvgIpc) is 3.24. The van der Waals surface area contributed by atoms with E-state index in [0.29, 0.717) is 0 Å². The quantitative estimate of drug-likeness (QED) is 0.903. The van der Waals surface area contributed by atoms with Crippen molar-refractivity contribution in [2.24, 2.45) is 0 Å². The first-order chi connectivity index (χ1) is 11.3. The van der Waals surface area contributed by atoms with Crippen molar-refractivity contribution in [3.63, 3.8) is 0 Å². The zero-order valence-electron chi connectivity index (χ0n) is 13.7. The number of rotatable bonds is 3. The molecular formula is C17H26N4O2. The summed E-state index contributed by atoms with van der Waals surface area (Å²) in [7, 11) is 0. The van der Waals surface area contributed by atoms with Crippen LogP contribution in [0.15, 0.2) is 12.3 Å². The van der Waals surface area contributed by atoms with Crippen LogP contribution in [-0.2, 0) is 11.3 Å². The third kappa shape index (κ3) is 3.07. The van der Waals surface area contributed by atoms with Crippen LogP contribution in [-0.4, -0.2) is 64.5 Å². The molecule has 0 aromatic carbocycles. The van der Waals surface area contributed by atoms with E-state index in [1.165, 1.54) is 12.8 Å². The van der Waals surface area contributed by atoms with Crippen LogP contribution < -0.4 is 4.90 Å². The first kappa shape index (κ1) is 15.3. The van der Waals surface area contributed by atoms with Crippen LogP contribution in [0.25, 0.3) is 0 Å². The Morgan fingerprint density at radius 1 is 1.26 bits per heavy atom. The lowest BCUT2D eigenvalue weighted by molar-refractivity contribution is -0.132. The van der Waals surface area contributed by atoms with Crippen molar-refractivity contribution in [1.82, 2.24) is 14.9 Å². The van der Waals surface area contributed by atoms with E-state index in [2.05, 4.69) is 14.8 Å². The van der Waals surface area contributed by atoms with Gasteiger partial charge in [0, 0.05) is 45.5 Å². The fraction of sp³-hybridized carbons (Fsp3) is 0.765. The molecule has 126 valence electrons. The molecule has 0 radical (unpaired) electrons. The van der Waals surface area contributed by atoms with Gasteiger partial charge in [0.05, 0.1) is 11.8 Å². The average molecular weight is 318 g/mol. The van der Waals surface area contributed by atoms with Gasteiger partial charge in [-0.15, -0.1) is 0 Å². The highest BCUT2D eigenvalue weighted by molar-refractivity contribution is 5.31. The molecule has 1 aromatic rings. The second-order valence-corrected chi connectivity index (χ2v) is 7.07. The summed E-state index contributed by atoms with van der Waals surface area (Å²) in [6, 6.07) is 2.01. The number of piperidine rings is 1. The van der Waals surface area contributed by atoms with Crippen LogP contribution in [0.1, 0.15) is 37.8 Å². The molecule has 3 aliphatic rings. The lowest BCUT2D eigenvalue weighted by atomic mass is 9.87. The maximum atomic E-state index is 10.3. The normalized spacial score (nSPS) is 32.0. The lowest BCUT2D eigenvalue weighted by Crippen LogP contribution is -2.56. The van der Waals surface area contributed by atoms with E-state index >= 15 is 0 Å². The molecule has 0 saturated carbocycles. The van der Waals surface area contributed by atoms with Crippen molar-refractivity contribution >= 4 is 5.95 Å². The molecule has 2 atom stereocenters. The van der Waals surface area contributed by atoms with Crippen molar-refractivity contribution in [1.29, 1.82) is 0 Å². The number of anilines is 1. The molecule has 23 heavy (non-hydrogen) atoms. The molecule has 1 spiro atoms. The molecule has 3 fully saturated rings. The van der Waals surface area contributed by atoms with E-state index in [1.54, 1.807) is 0 Å². The predicted octanol–water partition coefficient (Wildman–Crippen LogP) is 1.19. The number of hydrogen-bond donors (Lipinski definition) is 1. The molecule has 0 unspecified atom stereocenters. The molecule has 0 amide bonds. The molecule has 0 aliphatic carbocycles. The summed E-state index contributed by atoms with van der Waals surface area (Å²) in [6.45, 7) is 5.41. The molecular weight excluding hydrogens is 292 g/mol. The van der Waals surface area contributed by atoms with Crippen LogP contribution in [0.2, 0.25) is 0 Å². The minimum absolute atomic E-state index is 0.327. The first-order valence-corrected chi connectivity index (χ1v) is 8.86. The Morgan fingerprint density at radius 2 is 2.13 bits per heavy atom. The van der Waals surface area contributed by atoms with Gasteiger partial charge in [-0.25, -0.2) is 9.97 Å². The minimum Gasteiger partial charge on any atom is -0.390 e. The van der Waals surface area contributed by atoms with Crippen molar-refractivity contribution in [3.8, 4) is 0 Å². The highest BCUT2D eigenvalue weighted by Gasteiger charge is 2.46. The monoisotopic (exact) mass is 318 g/mol. The van der Waals surface area contributed by atoms with Crippen LogP contribution >= 0.6 is 0 Å². The van der Waals surface area contributed by atoms with E-state index in [-0.39, 0.29) is 11.7 Å². The maximum Gasteiger partial charge on any atom is 0.225 e. The molecule has 1 N–H and O–H groups in total. The summed E-state index contributed by atoms with van der Waals surface area (Å²) in [5.74, 6) is 0.865. The fourth-order valence-electron chi connectivity index (χ4n) is 4.14. The highest BCUT2D eigenvalue weighted by atomic mass is 16.5. The van der Waals surface area contributed by atoms with Gasteiger partial charge in [-0.1, -0.05) is 0 Å². The third-order valence-electron chi connectivity index (χ3n) is 5.43. The van der Waals surface area contributed by atoms with Gasteiger partial charge in [0.25, 0.3) is 0 Å². The smallest absolute Gasteiger partial charge is 0.225 e. The van der Waals surface area contributed by atoms with Crippen LogP contribution in [0.5, 0.6) is 0 Å². The first-order valence-electron chi connectivity index (χ1n) is 8.86. The Morgan fingerprint density at radius 3 is 2.91 bits per heavy atom. The predicted molar refractivity (Wildman–Crippen MR) is 87.3 cm³/mol. The molecule has 3 aliphatic heterocycles. The second kappa shape index (κ2) is 6.34. The molecule has 4 rings (SSSR count). The Hall–Kier alpha value is -1.24. The summed E-state index contributed by atoms with van der Waals surface area (Å²) in [4.78, 5) is 13.8. The number of hydrogen-bond acceptors (Lipinski definition) is 6. The topological polar surface area (TPSA) is 61.7 Å². The standard InChI is InChI=1S/C17H26N4O2/c22-15-5-10-20(13-17(15)6-3-11-23-17)12-14-4-7-18-16(19-14)21-8-1-2-9-21/h4,7,15,22H,1-3,5-6,8-13H2/t15-,17-/m0/s1. The summed E-state index contributed by atoms with van der Waals surface area (Å²) >= 11 is 0. The molecule has 4 heterocycles. The number of aliphatic hydroxyl groups is 1. The number of aliphatic hydroxyl groups excluding tert-OH is 1. The van der Waals surface area contributed by atoms with Gasteiger partial charge < -0.3 is 14.7 Å². The van der Waals surface area contributed by atoms with Gasteiger partial charge in [-0.3, -0.25) is 4.90 Å². The van der Waals surface area contributed by atoms with Gasteiger partial charge in [-0.2, -0.15) is 0 Å². The molecule has 3 saturated heterocycles. The number of ether oxygens (including phenoxy) is 1. The minimum atomic E-state index is -0.344. The fourth-order valence-corrected chi connectivity index (χ4v) is 4.14. The number of nitrogens with zero attached hydrogens (tertiary/aromatic N) is 4. The molecule has 6 heteroatoms. The van der Waals surface area contributed by atoms with Crippen molar-refractivity contribution in [3.05, 3.63) is 18.0 Å². The zero-order chi connectivity index (χ0) is 15.7. The van der Waals surface area contributed by atoms with E-state index in [0.717, 1.165) is 70.2 Å². The van der Waals surface area contributed by atoms with E-state index in [4.69, 9.17) is 9.72 Å². The SMILES string of the molecule is O[C@H]1CCN(Cc2ccnc(N3CCCC3)n2)C[C@@]12CCCO2. The van der Waals surface area contributed by atoms with Gasteiger partial charge in [0.2, 0.25) is 5.95 Å². The maximum absolute atomic E-state index is 10.3. The van der Waals surface area contributed by atoms with Gasteiger partial charge in [0.15, 0.2) is 0 Å². The van der Waals surface area contributed by atoms with Crippen LogP contribution in [0.4, 0.5) is 5.95 Å². The highest BCUT2D eigenvalue weighted by Crippen LogP contribution is 2.35. The summed E-state index contributed by atoms with van der Waals surface area (Å²) in [6.07, 6.45) is 6.81. The van der Waals surface area contributed by atoms with Crippen LogP contribution in [0, 0.1) is 0 Å².